The molecular weight excluding hydrogens is 317 g/mol. The second-order valence-corrected chi connectivity index (χ2v) is 4.67. The van der Waals surface area contributed by atoms with E-state index in [0.29, 0.717) is 5.75 Å². The van der Waals surface area contributed by atoms with Crippen LogP contribution >= 0.6 is 15.9 Å². The first-order chi connectivity index (χ1) is 8.44. The molecule has 7 heteroatoms. The van der Waals surface area contributed by atoms with Crippen molar-refractivity contribution in [3.8, 4) is 5.75 Å². The summed E-state index contributed by atoms with van der Waals surface area (Å²) < 4.78 is 51.6. The molecule has 0 spiro atoms. The number of ether oxygens (including phenoxy) is 3. The Hall–Kier alpha value is -0.790. The maximum absolute atomic E-state index is 12.1. The lowest BCUT2D eigenvalue weighted by Gasteiger charge is -2.20. The zero-order valence-corrected chi connectivity index (χ0v) is 10.7. The Morgan fingerprint density at radius 3 is 2.33 bits per heavy atom. The molecule has 0 radical (unpaired) electrons. The van der Waals surface area contributed by atoms with Gasteiger partial charge in [-0.25, -0.2) is 0 Å². The average molecular weight is 327 g/mol. The van der Waals surface area contributed by atoms with Gasteiger partial charge < -0.3 is 9.47 Å². The van der Waals surface area contributed by atoms with Crippen molar-refractivity contribution in [3.05, 3.63) is 28.7 Å². The van der Waals surface area contributed by atoms with Gasteiger partial charge in [-0.2, -0.15) is 0 Å². The minimum atomic E-state index is -4.68. The molecule has 0 aromatic heterocycles. The van der Waals surface area contributed by atoms with Gasteiger partial charge in [0.2, 0.25) is 0 Å². The van der Waals surface area contributed by atoms with Gasteiger partial charge in [-0.05, 0) is 24.3 Å². The molecule has 2 atom stereocenters. The average Bonchev–Trinajstić information content (AvgIpc) is 2.67. The van der Waals surface area contributed by atoms with Crippen molar-refractivity contribution in [2.24, 2.45) is 0 Å². The number of alkyl halides is 3. The highest BCUT2D eigenvalue weighted by Crippen LogP contribution is 2.26. The van der Waals surface area contributed by atoms with E-state index in [2.05, 4.69) is 20.7 Å². The van der Waals surface area contributed by atoms with Gasteiger partial charge in [0.15, 0.2) is 6.10 Å². The molecule has 1 aliphatic heterocycles. The normalized spacial score (nSPS) is 24.2. The molecule has 1 saturated heterocycles. The minimum absolute atomic E-state index is 0.0802. The van der Waals surface area contributed by atoms with Crippen LogP contribution in [-0.2, 0) is 9.47 Å². The number of benzene rings is 1. The van der Waals surface area contributed by atoms with E-state index < -0.39 is 18.6 Å². The molecule has 1 aliphatic rings. The van der Waals surface area contributed by atoms with Crippen molar-refractivity contribution in [1.82, 2.24) is 0 Å². The summed E-state index contributed by atoms with van der Waals surface area (Å²) in [5.74, 6) is 0.476. The lowest BCUT2D eigenvalue weighted by atomic mass is 10.2. The fraction of sp³-hybridized carbons (Fsp3) is 0.455. The maximum Gasteiger partial charge on any atom is 0.522 e. The molecule has 3 nitrogen and oxygen atoms in total. The third kappa shape index (κ3) is 3.86. The Balaban J connectivity index is 1.97. The van der Waals surface area contributed by atoms with Crippen molar-refractivity contribution in [2.45, 2.75) is 18.6 Å². The molecule has 1 fully saturated rings. The highest BCUT2D eigenvalue weighted by molar-refractivity contribution is 9.10. The first-order valence-corrected chi connectivity index (χ1v) is 5.98. The lowest BCUT2D eigenvalue weighted by molar-refractivity contribution is -0.346. The van der Waals surface area contributed by atoms with Crippen LogP contribution in [0.4, 0.5) is 13.2 Å². The predicted molar refractivity (Wildman–Crippen MR) is 60.3 cm³/mol. The summed E-state index contributed by atoms with van der Waals surface area (Å²) in [6, 6.07) is 6.80. The number of hydrogen-bond donors (Lipinski definition) is 0. The van der Waals surface area contributed by atoms with Crippen molar-refractivity contribution in [1.29, 1.82) is 0 Å². The first kappa shape index (κ1) is 13.6. The van der Waals surface area contributed by atoms with Crippen LogP contribution in [0.2, 0.25) is 0 Å². The Bertz CT molecular complexity index is 394. The molecule has 1 heterocycles. The topological polar surface area (TPSA) is 27.7 Å². The second-order valence-electron chi connectivity index (χ2n) is 3.75. The van der Waals surface area contributed by atoms with Crippen molar-refractivity contribution >= 4 is 15.9 Å². The number of rotatable bonds is 3. The first-order valence-electron chi connectivity index (χ1n) is 5.18. The van der Waals surface area contributed by atoms with Gasteiger partial charge in [-0.1, -0.05) is 15.9 Å². The molecule has 0 unspecified atom stereocenters. The summed E-state index contributed by atoms with van der Waals surface area (Å²) in [6.07, 6.45) is -6.57. The van der Waals surface area contributed by atoms with Crippen LogP contribution < -0.4 is 4.74 Å². The molecule has 0 amide bonds. The summed E-state index contributed by atoms with van der Waals surface area (Å²) in [4.78, 5) is 0. The zero-order chi connectivity index (χ0) is 13.2. The largest absolute Gasteiger partial charge is 0.522 e. The van der Waals surface area contributed by atoms with E-state index in [9.17, 15) is 13.2 Å². The van der Waals surface area contributed by atoms with Crippen LogP contribution in [0.15, 0.2) is 28.7 Å². The molecular formula is C11H10BrF3O3. The van der Waals surface area contributed by atoms with E-state index in [1.807, 2.05) is 0 Å². The Kier molecular flexibility index (Phi) is 4.14. The SMILES string of the molecule is FC(F)(F)O[C@@H]1COC[C@H]1Oc1ccc(Br)cc1. The van der Waals surface area contributed by atoms with Crippen LogP contribution in [0.3, 0.4) is 0 Å². The van der Waals surface area contributed by atoms with E-state index in [1.165, 1.54) is 0 Å². The Morgan fingerprint density at radius 1 is 1.11 bits per heavy atom. The van der Waals surface area contributed by atoms with Gasteiger partial charge >= 0.3 is 6.36 Å². The third-order valence-corrected chi connectivity index (χ3v) is 2.89. The summed E-state index contributed by atoms with van der Waals surface area (Å²) in [5.41, 5.74) is 0. The summed E-state index contributed by atoms with van der Waals surface area (Å²) in [6.45, 7) is -0.0441. The van der Waals surface area contributed by atoms with E-state index in [4.69, 9.17) is 9.47 Å². The summed E-state index contributed by atoms with van der Waals surface area (Å²) in [5, 5.41) is 0. The Labute approximate surface area is 110 Å². The summed E-state index contributed by atoms with van der Waals surface area (Å²) in [7, 11) is 0. The molecule has 100 valence electrons. The molecule has 0 bridgehead atoms. The predicted octanol–water partition coefficient (Wildman–Crippen LogP) is 3.13. The van der Waals surface area contributed by atoms with Gasteiger partial charge in [0.1, 0.15) is 11.9 Å². The van der Waals surface area contributed by atoms with E-state index in [1.54, 1.807) is 24.3 Å². The smallest absolute Gasteiger partial charge is 0.485 e. The van der Waals surface area contributed by atoms with Crippen LogP contribution in [-0.4, -0.2) is 31.8 Å². The van der Waals surface area contributed by atoms with E-state index in [-0.39, 0.29) is 13.2 Å². The summed E-state index contributed by atoms with van der Waals surface area (Å²) >= 11 is 3.26. The number of halogens is 4. The second kappa shape index (κ2) is 5.46. The minimum Gasteiger partial charge on any atom is -0.485 e. The highest BCUT2D eigenvalue weighted by Gasteiger charge is 2.41. The van der Waals surface area contributed by atoms with E-state index >= 15 is 0 Å². The molecule has 1 aromatic rings. The van der Waals surface area contributed by atoms with Crippen LogP contribution in [0.5, 0.6) is 5.75 Å². The van der Waals surface area contributed by atoms with Crippen LogP contribution in [0.1, 0.15) is 0 Å². The molecule has 0 saturated carbocycles. The molecule has 18 heavy (non-hydrogen) atoms. The van der Waals surface area contributed by atoms with Crippen molar-refractivity contribution < 1.29 is 27.4 Å². The van der Waals surface area contributed by atoms with Crippen molar-refractivity contribution in [2.75, 3.05) is 13.2 Å². The fourth-order valence-electron chi connectivity index (χ4n) is 1.59. The maximum atomic E-state index is 12.1. The standard InChI is InChI=1S/C11H10BrF3O3/c12-7-1-3-8(4-2-7)17-9-5-16-6-10(9)18-11(13,14)15/h1-4,9-10H,5-6H2/t9-,10-/m1/s1. The molecule has 1 aromatic carbocycles. The zero-order valence-electron chi connectivity index (χ0n) is 9.11. The van der Waals surface area contributed by atoms with Gasteiger partial charge in [0.25, 0.3) is 0 Å². The van der Waals surface area contributed by atoms with Gasteiger partial charge in [-0.15, -0.1) is 13.2 Å². The van der Waals surface area contributed by atoms with Crippen LogP contribution in [0.25, 0.3) is 0 Å². The third-order valence-electron chi connectivity index (χ3n) is 2.37. The quantitative estimate of drug-likeness (QED) is 0.854. The molecule has 2 rings (SSSR count). The number of hydrogen-bond acceptors (Lipinski definition) is 3. The van der Waals surface area contributed by atoms with Gasteiger partial charge in [-0.3, -0.25) is 4.74 Å². The molecule has 0 N–H and O–H groups in total. The highest BCUT2D eigenvalue weighted by atomic mass is 79.9. The Morgan fingerprint density at radius 2 is 1.72 bits per heavy atom. The van der Waals surface area contributed by atoms with Crippen molar-refractivity contribution in [3.63, 3.8) is 0 Å². The van der Waals surface area contributed by atoms with Crippen LogP contribution in [0, 0.1) is 0 Å². The van der Waals surface area contributed by atoms with Gasteiger partial charge in [0, 0.05) is 4.47 Å². The lowest BCUT2D eigenvalue weighted by Crippen LogP contribution is -2.36. The molecule has 0 aliphatic carbocycles. The fourth-order valence-corrected chi connectivity index (χ4v) is 1.86. The van der Waals surface area contributed by atoms with E-state index in [0.717, 1.165) is 4.47 Å². The monoisotopic (exact) mass is 326 g/mol. The van der Waals surface area contributed by atoms with Gasteiger partial charge in [0.05, 0.1) is 13.2 Å².